The number of hydrogen-bond donors (Lipinski definition) is 2. The lowest BCUT2D eigenvalue weighted by Gasteiger charge is -2.18. The topological polar surface area (TPSA) is 92.3 Å². The van der Waals surface area contributed by atoms with Gasteiger partial charge in [-0.05, 0) is 30.7 Å². The van der Waals surface area contributed by atoms with Crippen molar-refractivity contribution in [3.63, 3.8) is 0 Å². The van der Waals surface area contributed by atoms with Crippen molar-refractivity contribution in [2.24, 2.45) is 0 Å². The SMILES string of the molecule is CCOC(=O)C[C@H](c1cccnc1)c1c(O)c2ccccc2[nH]c1=O. The fourth-order valence-electron chi connectivity index (χ4n) is 2.92. The van der Waals surface area contributed by atoms with Gasteiger partial charge in [-0.1, -0.05) is 18.2 Å². The molecule has 1 aromatic carbocycles. The maximum atomic E-state index is 12.6. The van der Waals surface area contributed by atoms with Crippen molar-refractivity contribution in [3.05, 3.63) is 70.3 Å². The number of aromatic nitrogens is 2. The molecule has 3 aromatic rings. The summed E-state index contributed by atoms with van der Waals surface area (Å²) in [4.78, 5) is 31.5. The number of aromatic amines is 1. The summed E-state index contributed by atoms with van der Waals surface area (Å²) in [7, 11) is 0. The van der Waals surface area contributed by atoms with Gasteiger partial charge in [0, 0.05) is 23.7 Å². The first-order valence-corrected chi connectivity index (χ1v) is 8.01. The molecule has 0 amide bonds. The van der Waals surface area contributed by atoms with E-state index in [4.69, 9.17) is 4.74 Å². The Hall–Kier alpha value is -3.15. The van der Waals surface area contributed by atoms with E-state index in [1.807, 2.05) is 0 Å². The Morgan fingerprint density at radius 2 is 2.08 bits per heavy atom. The molecule has 128 valence electrons. The van der Waals surface area contributed by atoms with Crippen LogP contribution in [-0.4, -0.2) is 27.7 Å². The molecule has 0 saturated carbocycles. The Labute approximate surface area is 144 Å². The van der Waals surface area contributed by atoms with Gasteiger partial charge in [-0.3, -0.25) is 14.6 Å². The lowest BCUT2D eigenvalue weighted by molar-refractivity contribution is -0.143. The molecule has 6 nitrogen and oxygen atoms in total. The van der Waals surface area contributed by atoms with Gasteiger partial charge in [0.2, 0.25) is 0 Å². The van der Waals surface area contributed by atoms with Crippen LogP contribution in [0.15, 0.2) is 53.6 Å². The monoisotopic (exact) mass is 338 g/mol. The van der Waals surface area contributed by atoms with Crippen LogP contribution in [0.1, 0.15) is 30.4 Å². The molecule has 0 unspecified atom stereocenters. The van der Waals surface area contributed by atoms with Gasteiger partial charge < -0.3 is 14.8 Å². The highest BCUT2D eigenvalue weighted by Crippen LogP contribution is 2.35. The second-order valence-electron chi connectivity index (χ2n) is 5.61. The summed E-state index contributed by atoms with van der Waals surface area (Å²) < 4.78 is 5.03. The number of carbonyl (C=O) groups is 1. The molecule has 25 heavy (non-hydrogen) atoms. The van der Waals surface area contributed by atoms with Gasteiger partial charge in [0.25, 0.3) is 5.56 Å². The van der Waals surface area contributed by atoms with E-state index in [0.29, 0.717) is 16.5 Å². The van der Waals surface area contributed by atoms with E-state index in [-0.39, 0.29) is 24.3 Å². The summed E-state index contributed by atoms with van der Waals surface area (Å²) in [6, 6.07) is 10.5. The summed E-state index contributed by atoms with van der Waals surface area (Å²) in [5.41, 5.74) is 0.899. The van der Waals surface area contributed by atoms with Crippen molar-refractivity contribution < 1.29 is 14.6 Å². The first-order valence-electron chi connectivity index (χ1n) is 8.01. The Balaban J connectivity index is 2.17. The minimum absolute atomic E-state index is 0.0610. The number of nitrogens with one attached hydrogen (secondary N) is 1. The van der Waals surface area contributed by atoms with Crippen LogP contribution in [0, 0.1) is 0 Å². The Morgan fingerprint density at radius 1 is 1.28 bits per heavy atom. The smallest absolute Gasteiger partial charge is 0.306 e. The van der Waals surface area contributed by atoms with Crippen LogP contribution in [-0.2, 0) is 9.53 Å². The number of pyridine rings is 2. The zero-order chi connectivity index (χ0) is 17.8. The van der Waals surface area contributed by atoms with Gasteiger partial charge in [0.05, 0.1) is 24.1 Å². The van der Waals surface area contributed by atoms with E-state index in [0.717, 1.165) is 0 Å². The number of fused-ring (bicyclic) bond motifs is 1. The zero-order valence-electron chi connectivity index (χ0n) is 13.7. The fraction of sp³-hybridized carbons (Fsp3) is 0.211. The average molecular weight is 338 g/mol. The lowest BCUT2D eigenvalue weighted by Crippen LogP contribution is -2.21. The highest BCUT2D eigenvalue weighted by atomic mass is 16.5. The molecule has 0 spiro atoms. The number of H-pyrrole nitrogens is 1. The molecule has 6 heteroatoms. The molecule has 2 aromatic heterocycles. The average Bonchev–Trinajstić information content (AvgIpc) is 2.62. The van der Waals surface area contributed by atoms with Gasteiger partial charge in [-0.15, -0.1) is 0 Å². The highest BCUT2D eigenvalue weighted by molar-refractivity contribution is 5.86. The summed E-state index contributed by atoms with van der Waals surface area (Å²) in [6.07, 6.45) is 3.13. The molecule has 0 aliphatic rings. The van der Waals surface area contributed by atoms with Crippen molar-refractivity contribution in [1.29, 1.82) is 0 Å². The third kappa shape index (κ3) is 3.38. The van der Waals surface area contributed by atoms with Crippen molar-refractivity contribution >= 4 is 16.9 Å². The molecule has 0 aliphatic carbocycles. The molecule has 0 radical (unpaired) electrons. The molecular weight excluding hydrogens is 320 g/mol. The molecule has 0 aliphatic heterocycles. The largest absolute Gasteiger partial charge is 0.507 e. The van der Waals surface area contributed by atoms with Gasteiger partial charge in [0.1, 0.15) is 5.75 Å². The van der Waals surface area contributed by atoms with E-state index in [1.54, 1.807) is 55.7 Å². The van der Waals surface area contributed by atoms with Gasteiger partial charge in [-0.25, -0.2) is 0 Å². The minimum atomic E-state index is -0.652. The van der Waals surface area contributed by atoms with Crippen LogP contribution < -0.4 is 5.56 Å². The first kappa shape index (κ1) is 16.7. The molecule has 2 heterocycles. The number of hydrogen-bond acceptors (Lipinski definition) is 5. The third-order valence-electron chi connectivity index (χ3n) is 4.04. The van der Waals surface area contributed by atoms with E-state index in [1.165, 1.54) is 0 Å². The maximum Gasteiger partial charge on any atom is 0.306 e. The van der Waals surface area contributed by atoms with Crippen molar-refractivity contribution in [2.75, 3.05) is 6.61 Å². The van der Waals surface area contributed by atoms with Crippen LogP contribution in [0.4, 0.5) is 0 Å². The summed E-state index contributed by atoms with van der Waals surface area (Å²) in [5, 5.41) is 11.2. The third-order valence-corrected chi connectivity index (χ3v) is 4.04. The van der Waals surface area contributed by atoms with Gasteiger partial charge >= 0.3 is 5.97 Å². The van der Waals surface area contributed by atoms with E-state index in [2.05, 4.69) is 9.97 Å². The molecule has 0 fully saturated rings. The number of rotatable bonds is 5. The molecule has 2 N–H and O–H groups in total. The minimum Gasteiger partial charge on any atom is -0.507 e. The van der Waals surface area contributed by atoms with E-state index >= 15 is 0 Å². The summed E-state index contributed by atoms with van der Waals surface area (Å²) in [6.45, 7) is 1.97. The molecule has 3 rings (SSSR count). The second kappa shape index (κ2) is 7.17. The number of ether oxygens (including phenoxy) is 1. The lowest BCUT2D eigenvalue weighted by atomic mass is 9.89. The molecule has 1 atom stereocenters. The summed E-state index contributed by atoms with van der Waals surface area (Å²) >= 11 is 0. The van der Waals surface area contributed by atoms with E-state index in [9.17, 15) is 14.7 Å². The normalized spacial score (nSPS) is 12.0. The second-order valence-corrected chi connectivity index (χ2v) is 5.61. The molecule has 0 saturated heterocycles. The van der Waals surface area contributed by atoms with Crippen molar-refractivity contribution in [1.82, 2.24) is 9.97 Å². The van der Waals surface area contributed by atoms with Crippen LogP contribution in [0.25, 0.3) is 10.9 Å². The van der Waals surface area contributed by atoms with Crippen molar-refractivity contribution in [2.45, 2.75) is 19.3 Å². The Morgan fingerprint density at radius 3 is 2.80 bits per heavy atom. The highest BCUT2D eigenvalue weighted by Gasteiger charge is 2.26. The van der Waals surface area contributed by atoms with Crippen molar-refractivity contribution in [3.8, 4) is 5.75 Å². The number of esters is 1. The van der Waals surface area contributed by atoms with Gasteiger partial charge in [0.15, 0.2) is 0 Å². The van der Waals surface area contributed by atoms with Crippen LogP contribution in [0.3, 0.4) is 0 Å². The van der Waals surface area contributed by atoms with Crippen LogP contribution in [0.5, 0.6) is 5.75 Å². The van der Waals surface area contributed by atoms with Gasteiger partial charge in [-0.2, -0.15) is 0 Å². The predicted molar refractivity (Wildman–Crippen MR) is 93.6 cm³/mol. The molecule has 0 bridgehead atoms. The predicted octanol–water partition coefficient (Wildman–Crippen LogP) is 2.71. The zero-order valence-corrected chi connectivity index (χ0v) is 13.7. The first-order chi connectivity index (χ1) is 12.1. The fourth-order valence-corrected chi connectivity index (χ4v) is 2.92. The summed E-state index contributed by atoms with van der Waals surface area (Å²) in [5.74, 6) is -1.22. The standard InChI is InChI=1S/C19H18N2O4/c1-2-25-16(22)10-14(12-6-5-9-20-11-12)17-18(23)13-7-3-4-8-15(13)21-19(17)24/h3-9,11,14H,2,10H2,1H3,(H2,21,23,24)/t14-/m1/s1. The Kier molecular flexibility index (Phi) is 4.79. The maximum absolute atomic E-state index is 12.6. The Bertz CT molecular complexity index is 951. The molecular formula is C19H18N2O4. The number of benzene rings is 1. The number of nitrogens with zero attached hydrogens (tertiary/aromatic N) is 1. The number of para-hydroxylation sites is 1. The van der Waals surface area contributed by atoms with Crippen LogP contribution in [0.2, 0.25) is 0 Å². The van der Waals surface area contributed by atoms with E-state index < -0.39 is 17.4 Å². The number of carbonyl (C=O) groups excluding carboxylic acids is 1. The van der Waals surface area contributed by atoms with Crippen LogP contribution >= 0.6 is 0 Å². The quantitative estimate of drug-likeness (QED) is 0.698. The number of aromatic hydroxyl groups is 1.